The van der Waals surface area contributed by atoms with Gasteiger partial charge >= 0.3 is 0 Å². The molecule has 4 N–H and O–H groups in total. The smallest absolute Gasteiger partial charge is 0.226 e. The van der Waals surface area contributed by atoms with Gasteiger partial charge in [0.15, 0.2) is 0 Å². The number of nitrogens with one attached hydrogen (secondary N) is 1. The summed E-state index contributed by atoms with van der Waals surface area (Å²) >= 11 is 0. The highest BCUT2D eigenvalue weighted by atomic mass is 16.3. The number of aliphatic hydroxyl groups is 1. The minimum absolute atomic E-state index is 0.0279. The van der Waals surface area contributed by atoms with Crippen LogP contribution in [0.15, 0.2) is 0 Å². The molecule has 1 atom stereocenters. The zero-order valence-corrected chi connectivity index (χ0v) is 10.3. The largest absolute Gasteiger partial charge is 0.395 e. The predicted octanol–water partition coefficient (Wildman–Crippen LogP) is 0.165. The van der Waals surface area contributed by atoms with Gasteiger partial charge in [-0.05, 0) is 37.5 Å². The van der Waals surface area contributed by atoms with Gasteiger partial charge in [-0.3, -0.25) is 14.9 Å². The molecular formula is C12H22N2O3. The van der Waals surface area contributed by atoms with E-state index in [2.05, 4.69) is 5.32 Å². The molecule has 5 nitrogen and oxygen atoms in total. The van der Waals surface area contributed by atoms with Crippen molar-refractivity contribution in [3.63, 3.8) is 0 Å². The van der Waals surface area contributed by atoms with Gasteiger partial charge in [-0.2, -0.15) is 0 Å². The summed E-state index contributed by atoms with van der Waals surface area (Å²) in [4.78, 5) is 22.1. The van der Waals surface area contributed by atoms with Gasteiger partial charge in [-0.25, -0.2) is 0 Å². The van der Waals surface area contributed by atoms with Crippen molar-refractivity contribution in [1.29, 1.82) is 0 Å². The second kappa shape index (κ2) is 6.71. The molecule has 1 unspecified atom stereocenters. The van der Waals surface area contributed by atoms with Crippen LogP contribution in [0.5, 0.6) is 0 Å². The van der Waals surface area contributed by atoms with Crippen LogP contribution in [0.25, 0.3) is 0 Å². The topological polar surface area (TPSA) is 92.4 Å². The van der Waals surface area contributed by atoms with Crippen LogP contribution in [0.4, 0.5) is 0 Å². The van der Waals surface area contributed by atoms with Gasteiger partial charge in [0.25, 0.3) is 0 Å². The lowest BCUT2D eigenvalue weighted by Crippen LogP contribution is -2.37. The molecule has 0 heterocycles. The Balaban J connectivity index is 2.27. The highest BCUT2D eigenvalue weighted by Crippen LogP contribution is 2.31. The molecule has 0 saturated heterocycles. The molecule has 1 fully saturated rings. The third-order valence-corrected chi connectivity index (χ3v) is 3.50. The standard InChI is InChI=1S/C12H22N2O3/c1-8(16)14-12(17)6-9-2-4-10(5-3-9)11(13)7-15/h9-11,15H,2-7,13H2,1H3,(H,14,16,17). The highest BCUT2D eigenvalue weighted by Gasteiger charge is 2.26. The summed E-state index contributed by atoms with van der Waals surface area (Å²) in [5, 5.41) is 11.3. The Morgan fingerprint density at radius 2 is 1.94 bits per heavy atom. The van der Waals surface area contributed by atoms with E-state index in [0.717, 1.165) is 25.7 Å². The molecule has 17 heavy (non-hydrogen) atoms. The van der Waals surface area contributed by atoms with E-state index >= 15 is 0 Å². The van der Waals surface area contributed by atoms with Crippen LogP contribution in [0.1, 0.15) is 39.0 Å². The van der Waals surface area contributed by atoms with Crippen LogP contribution in [0, 0.1) is 11.8 Å². The second-order valence-electron chi connectivity index (χ2n) is 4.94. The van der Waals surface area contributed by atoms with Crippen LogP contribution in [0.2, 0.25) is 0 Å². The molecule has 0 aromatic heterocycles. The fourth-order valence-electron chi connectivity index (χ4n) is 2.48. The lowest BCUT2D eigenvalue weighted by molar-refractivity contribution is -0.130. The molecule has 0 spiro atoms. The quantitative estimate of drug-likeness (QED) is 0.655. The number of imide groups is 1. The number of hydrogen-bond acceptors (Lipinski definition) is 4. The minimum atomic E-state index is -0.300. The molecule has 98 valence electrons. The summed E-state index contributed by atoms with van der Waals surface area (Å²) in [7, 11) is 0. The first kappa shape index (κ1) is 14.1. The van der Waals surface area contributed by atoms with Crippen LogP contribution < -0.4 is 11.1 Å². The molecule has 0 aromatic rings. The zero-order chi connectivity index (χ0) is 12.8. The number of rotatable bonds is 4. The monoisotopic (exact) mass is 242 g/mol. The molecule has 0 radical (unpaired) electrons. The lowest BCUT2D eigenvalue weighted by Gasteiger charge is -2.31. The fraction of sp³-hybridized carbons (Fsp3) is 0.833. The predicted molar refractivity (Wildman–Crippen MR) is 63.9 cm³/mol. The molecule has 1 aliphatic carbocycles. The first-order valence-corrected chi connectivity index (χ1v) is 6.19. The van der Waals surface area contributed by atoms with E-state index in [4.69, 9.17) is 10.8 Å². The van der Waals surface area contributed by atoms with Crippen LogP contribution >= 0.6 is 0 Å². The summed E-state index contributed by atoms with van der Waals surface area (Å²) < 4.78 is 0. The highest BCUT2D eigenvalue weighted by molar-refractivity contribution is 5.93. The SMILES string of the molecule is CC(=O)NC(=O)CC1CCC(C(N)CO)CC1. The summed E-state index contributed by atoms with van der Waals surface area (Å²) in [5.74, 6) is 0.224. The van der Waals surface area contributed by atoms with Gasteiger partial charge in [0.05, 0.1) is 6.61 Å². The Bertz CT molecular complexity index is 273. The summed E-state index contributed by atoms with van der Waals surface area (Å²) in [6.45, 7) is 1.37. The number of aliphatic hydroxyl groups excluding tert-OH is 1. The van der Waals surface area contributed by atoms with E-state index in [-0.39, 0.29) is 24.5 Å². The van der Waals surface area contributed by atoms with Crippen LogP contribution in [0.3, 0.4) is 0 Å². The fourth-order valence-corrected chi connectivity index (χ4v) is 2.48. The molecule has 2 amide bonds. The van der Waals surface area contributed by atoms with Gasteiger partial charge in [0, 0.05) is 19.4 Å². The van der Waals surface area contributed by atoms with Gasteiger partial charge < -0.3 is 10.8 Å². The molecule has 0 aliphatic heterocycles. The average molecular weight is 242 g/mol. The van der Waals surface area contributed by atoms with E-state index < -0.39 is 0 Å². The molecule has 0 bridgehead atoms. The van der Waals surface area contributed by atoms with Crippen molar-refractivity contribution in [3.8, 4) is 0 Å². The molecule has 1 rings (SSSR count). The van der Waals surface area contributed by atoms with E-state index in [9.17, 15) is 9.59 Å². The first-order chi connectivity index (χ1) is 8.02. The minimum Gasteiger partial charge on any atom is -0.395 e. The Hall–Kier alpha value is -0.940. The molecule has 1 saturated carbocycles. The van der Waals surface area contributed by atoms with Gasteiger partial charge in [-0.15, -0.1) is 0 Å². The number of carbonyl (C=O) groups is 2. The zero-order valence-electron chi connectivity index (χ0n) is 10.3. The van der Waals surface area contributed by atoms with Crippen LogP contribution in [-0.2, 0) is 9.59 Å². The number of nitrogens with two attached hydrogens (primary N) is 1. The number of amides is 2. The van der Waals surface area contributed by atoms with E-state index in [0.29, 0.717) is 18.3 Å². The number of carbonyl (C=O) groups excluding carboxylic acids is 2. The molecule has 1 aliphatic rings. The third-order valence-electron chi connectivity index (χ3n) is 3.50. The van der Waals surface area contributed by atoms with E-state index in [1.807, 2.05) is 0 Å². The van der Waals surface area contributed by atoms with Gasteiger partial charge in [0.1, 0.15) is 0 Å². The van der Waals surface area contributed by atoms with E-state index in [1.54, 1.807) is 0 Å². The Labute approximate surface area is 102 Å². The van der Waals surface area contributed by atoms with E-state index in [1.165, 1.54) is 6.92 Å². The van der Waals surface area contributed by atoms with Crippen molar-refractivity contribution in [1.82, 2.24) is 5.32 Å². The second-order valence-corrected chi connectivity index (χ2v) is 4.94. The summed E-state index contributed by atoms with van der Waals surface area (Å²) in [5.41, 5.74) is 5.79. The maximum Gasteiger partial charge on any atom is 0.226 e. The molecule has 0 aromatic carbocycles. The van der Waals surface area contributed by atoms with Crippen molar-refractivity contribution in [2.24, 2.45) is 17.6 Å². The van der Waals surface area contributed by atoms with Crippen molar-refractivity contribution in [3.05, 3.63) is 0 Å². The molecule has 5 heteroatoms. The lowest BCUT2D eigenvalue weighted by atomic mass is 9.77. The number of hydrogen-bond donors (Lipinski definition) is 3. The summed E-state index contributed by atoms with van der Waals surface area (Å²) in [6.07, 6.45) is 4.23. The van der Waals surface area contributed by atoms with Crippen molar-refractivity contribution >= 4 is 11.8 Å². The Morgan fingerprint density at radius 1 is 1.35 bits per heavy atom. The normalized spacial score (nSPS) is 26.3. The van der Waals surface area contributed by atoms with Crippen molar-refractivity contribution in [2.45, 2.75) is 45.1 Å². The molecular weight excluding hydrogens is 220 g/mol. The Kier molecular flexibility index (Phi) is 5.58. The van der Waals surface area contributed by atoms with Crippen LogP contribution in [-0.4, -0.2) is 29.6 Å². The van der Waals surface area contributed by atoms with Gasteiger partial charge in [0.2, 0.25) is 11.8 Å². The van der Waals surface area contributed by atoms with Crippen molar-refractivity contribution in [2.75, 3.05) is 6.61 Å². The maximum atomic E-state index is 11.4. The third kappa shape index (κ3) is 4.83. The van der Waals surface area contributed by atoms with Crippen molar-refractivity contribution < 1.29 is 14.7 Å². The first-order valence-electron chi connectivity index (χ1n) is 6.19. The maximum absolute atomic E-state index is 11.4. The summed E-state index contributed by atoms with van der Waals surface area (Å²) in [6, 6.07) is -0.137. The Morgan fingerprint density at radius 3 is 2.41 bits per heavy atom. The van der Waals surface area contributed by atoms with Gasteiger partial charge in [-0.1, -0.05) is 0 Å². The average Bonchev–Trinajstić information content (AvgIpc) is 2.28.